The zero-order valence-electron chi connectivity index (χ0n) is 14.6. The molecule has 7 nitrogen and oxygen atoms in total. The SMILES string of the molecule is CCn1ccc2c(cc(C(=O)NCc3ccc4c(c3)OCO4)n2C)c1=O. The van der Waals surface area contributed by atoms with Crippen LogP contribution in [0.3, 0.4) is 0 Å². The zero-order valence-corrected chi connectivity index (χ0v) is 14.6. The van der Waals surface area contributed by atoms with Crippen LogP contribution in [0.1, 0.15) is 23.0 Å². The Morgan fingerprint density at radius 1 is 1.19 bits per heavy atom. The average molecular weight is 353 g/mol. The van der Waals surface area contributed by atoms with Gasteiger partial charge in [-0.3, -0.25) is 9.59 Å². The monoisotopic (exact) mass is 353 g/mol. The number of aryl methyl sites for hydroxylation is 2. The van der Waals surface area contributed by atoms with Crippen molar-refractivity contribution < 1.29 is 14.3 Å². The first-order valence-electron chi connectivity index (χ1n) is 8.44. The molecule has 134 valence electrons. The molecule has 1 amide bonds. The number of hydrogen-bond donors (Lipinski definition) is 1. The molecule has 0 spiro atoms. The van der Waals surface area contributed by atoms with Gasteiger partial charge in [-0.2, -0.15) is 0 Å². The molecule has 0 fully saturated rings. The van der Waals surface area contributed by atoms with E-state index >= 15 is 0 Å². The molecular weight excluding hydrogens is 334 g/mol. The zero-order chi connectivity index (χ0) is 18.3. The second-order valence-corrected chi connectivity index (χ2v) is 6.16. The van der Waals surface area contributed by atoms with Crippen molar-refractivity contribution in [2.75, 3.05) is 6.79 Å². The number of nitrogens with one attached hydrogen (secondary N) is 1. The molecule has 0 saturated carbocycles. The second kappa shape index (κ2) is 6.25. The number of amides is 1. The lowest BCUT2D eigenvalue weighted by atomic mass is 10.2. The standard InChI is InChI=1S/C19H19N3O4/c1-3-22-7-6-14-13(19(22)24)9-15(21(14)2)18(23)20-10-12-4-5-16-17(8-12)26-11-25-16/h4-9H,3,10-11H2,1-2H3,(H,20,23). The van der Waals surface area contributed by atoms with Gasteiger partial charge in [0.1, 0.15) is 5.69 Å². The van der Waals surface area contributed by atoms with Crippen LogP contribution in [0.5, 0.6) is 11.5 Å². The van der Waals surface area contributed by atoms with E-state index in [1.807, 2.05) is 31.2 Å². The number of fused-ring (bicyclic) bond motifs is 2. The van der Waals surface area contributed by atoms with Crippen molar-refractivity contribution in [2.45, 2.75) is 20.0 Å². The number of benzene rings is 1. The predicted molar refractivity (Wildman–Crippen MR) is 96.6 cm³/mol. The van der Waals surface area contributed by atoms with Crippen molar-refractivity contribution in [1.82, 2.24) is 14.5 Å². The smallest absolute Gasteiger partial charge is 0.268 e. The van der Waals surface area contributed by atoms with E-state index in [4.69, 9.17) is 9.47 Å². The van der Waals surface area contributed by atoms with Gasteiger partial charge in [0.05, 0.1) is 10.9 Å². The van der Waals surface area contributed by atoms with Crippen LogP contribution in [-0.4, -0.2) is 21.8 Å². The second-order valence-electron chi connectivity index (χ2n) is 6.16. The summed E-state index contributed by atoms with van der Waals surface area (Å²) in [5.41, 5.74) is 2.02. The summed E-state index contributed by atoms with van der Waals surface area (Å²) in [6, 6.07) is 9.07. The molecule has 1 aliphatic rings. The van der Waals surface area contributed by atoms with E-state index < -0.39 is 0 Å². The maximum absolute atomic E-state index is 12.6. The Morgan fingerprint density at radius 2 is 2.00 bits per heavy atom. The highest BCUT2D eigenvalue weighted by molar-refractivity contribution is 5.98. The first-order valence-corrected chi connectivity index (χ1v) is 8.44. The minimum atomic E-state index is -0.233. The fourth-order valence-corrected chi connectivity index (χ4v) is 3.16. The van der Waals surface area contributed by atoms with Crippen molar-refractivity contribution in [3.05, 3.63) is 58.1 Å². The molecule has 0 radical (unpaired) electrons. The first-order chi connectivity index (χ1) is 12.6. The molecule has 1 N–H and O–H groups in total. The summed E-state index contributed by atoms with van der Waals surface area (Å²) in [5, 5.41) is 3.44. The molecule has 26 heavy (non-hydrogen) atoms. The predicted octanol–water partition coefficient (Wildman–Crippen LogP) is 2.02. The van der Waals surface area contributed by atoms with Crippen molar-refractivity contribution in [3.8, 4) is 11.5 Å². The van der Waals surface area contributed by atoms with Crippen molar-refractivity contribution in [3.63, 3.8) is 0 Å². The van der Waals surface area contributed by atoms with Crippen molar-refractivity contribution >= 4 is 16.8 Å². The molecule has 0 atom stereocenters. The van der Waals surface area contributed by atoms with E-state index in [1.165, 1.54) is 0 Å². The molecule has 2 aromatic heterocycles. The molecule has 0 saturated heterocycles. The summed E-state index contributed by atoms with van der Waals surface area (Å²) in [4.78, 5) is 25.0. The van der Waals surface area contributed by atoms with Crippen LogP contribution in [-0.2, 0) is 20.1 Å². The minimum absolute atomic E-state index is 0.0876. The van der Waals surface area contributed by atoms with Crippen LogP contribution in [0.4, 0.5) is 0 Å². The molecule has 7 heteroatoms. The number of hydrogen-bond acceptors (Lipinski definition) is 4. The third kappa shape index (κ3) is 2.61. The van der Waals surface area contributed by atoms with Gasteiger partial charge in [0.15, 0.2) is 11.5 Å². The van der Waals surface area contributed by atoms with E-state index in [2.05, 4.69) is 5.32 Å². The highest BCUT2D eigenvalue weighted by Crippen LogP contribution is 2.32. The number of carbonyl (C=O) groups is 1. The molecule has 3 heterocycles. The van der Waals surface area contributed by atoms with E-state index in [0.29, 0.717) is 35.7 Å². The van der Waals surface area contributed by atoms with E-state index in [-0.39, 0.29) is 18.3 Å². The van der Waals surface area contributed by atoms with Gasteiger partial charge in [0.2, 0.25) is 6.79 Å². The van der Waals surface area contributed by atoms with E-state index in [9.17, 15) is 9.59 Å². The number of rotatable bonds is 4. The Labute approximate surface area is 149 Å². The Balaban J connectivity index is 1.57. The Morgan fingerprint density at radius 3 is 2.81 bits per heavy atom. The molecule has 3 aromatic rings. The quantitative estimate of drug-likeness (QED) is 0.779. The molecule has 0 bridgehead atoms. The lowest BCUT2D eigenvalue weighted by Gasteiger charge is -2.07. The van der Waals surface area contributed by atoms with Crippen LogP contribution in [0.2, 0.25) is 0 Å². The average Bonchev–Trinajstić information content (AvgIpc) is 3.25. The number of nitrogens with zero attached hydrogens (tertiary/aromatic N) is 2. The molecule has 0 aliphatic carbocycles. The lowest BCUT2D eigenvalue weighted by Crippen LogP contribution is -2.24. The molecule has 1 aromatic carbocycles. The van der Waals surface area contributed by atoms with Crippen molar-refractivity contribution in [1.29, 1.82) is 0 Å². The lowest BCUT2D eigenvalue weighted by molar-refractivity contribution is 0.0943. The van der Waals surface area contributed by atoms with Gasteiger partial charge in [-0.05, 0) is 36.8 Å². The Bertz CT molecular complexity index is 1060. The van der Waals surface area contributed by atoms with Crippen LogP contribution < -0.4 is 20.3 Å². The first kappa shape index (κ1) is 16.3. The fraction of sp³-hybridized carbons (Fsp3) is 0.263. The van der Waals surface area contributed by atoms with Gasteiger partial charge in [0, 0.05) is 26.3 Å². The fourth-order valence-electron chi connectivity index (χ4n) is 3.16. The summed E-state index contributed by atoms with van der Waals surface area (Å²) >= 11 is 0. The highest BCUT2D eigenvalue weighted by atomic mass is 16.7. The van der Waals surface area contributed by atoms with Crippen LogP contribution in [0, 0.1) is 0 Å². The summed E-state index contributed by atoms with van der Waals surface area (Å²) in [6.07, 6.45) is 1.75. The number of ether oxygens (including phenoxy) is 2. The Kier molecular flexibility index (Phi) is 3.91. The third-order valence-corrected chi connectivity index (χ3v) is 4.65. The number of aromatic nitrogens is 2. The van der Waals surface area contributed by atoms with Crippen LogP contribution in [0.15, 0.2) is 41.3 Å². The topological polar surface area (TPSA) is 74.5 Å². The number of pyridine rings is 1. The van der Waals surface area contributed by atoms with Gasteiger partial charge in [0.25, 0.3) is 11.5 Å². The summed E-state index contributed by atoms with van der Waals surface area (Å²) in [6.45, 7) is 3.08. The van der Waals surface area contributed by atoms with Gasteiger partial charge in [-0.1, -0.05) is 6.07 Å². The van der Waals surface area contributed by atoms with Gasteiger partial charge in [-0.15, -0.1) is 0 Å². The minimum Gasteiger partial charge on any atom is -0.454 e. The van der Waals surface area contributed by atoms with Gasteiger partial charge >= 0.3 is 0 Å². The maximum atomic E-state index is 12.6. The van der Waals surface area contributed by atoms with Crippen LogP contribution >= 0.6 is 0 Å². The molecule has 4 rings (SSSR count). The largest absolute Gasteiger partial charge is 0.454 e. The molecule has 0 unspecified atom stereocenters. The Hall–Kier alpha value is -3.22. The van der Waals surface area contributed by atoms with Crippen molar-refractivity contribution in [2.24, 2.45) is 7.05 Å². The highest BCUT2D eigenvalue weighted by Gasteiger charge is 2.17. The summed E-state index contributed by atoms with van der Waals surface area (Å²) in [7, 11) is 1.79. The van der Waals surface area contributed by atoms with E-state index in [0.717, 1.165) is 11.1 Å². The summed E-state index contributed by atoms with van der Waals surface area (Å²) < 4.78 is 14.0. The van der Waals surface area contributed by atoms with Gasteiger partial charge in [-0.25, -0.2) is 0 Å². The molecule has 1 aliphatic heterocycles. The summed E-state index contributed by atoms with van der Waals surface area (Å²) in [5.74, 6) is 1.16. The molecular formula is C19H19N3O4. The maximum Gasteiger partial charge on any atom is 0.268 e. The van der Waals surface area contributed by atoms with Gasteiger partial charge < -0.3 is 23.9 Å². The third-order valence-electron chi connectivity index (χ3n) is 4.65. The normalized spacial score (nSPS) is 12.5. The van der Waals surface area contributed by atoms with Crippen LogP contribution in [0.25, 0.3) is 10.9 Å². The number of carbonyl (C=O) groups excluding carboxylic acids is 1. The van der Waals surface area contributed by atoms with E-state index in [1.54, 1.807) is 28.4 Å².